The van der Waals surface area contributed by atoms with Gasteiger partial charge in [-0.05, 0) is 24.7 Å². The van der Waals surface area contributed by atoms with Crippen LogP contribution in [0.3, 0.4) is 0 Å². The molecule has 0 bridgehead atoms. The van der Waals surface area contributed by atoms with E-state index < -0.39 is 0 Å². The van der Waals surface area contributed by atoms with Crippen LogP contribution in [0.1, 0.15) is 12.5 Å². The SMILES string of the molecule is CNCC(C)C(=O)N(C)Cc1cccc(Cl)c1.Cl. The Bertz CT molecular complexity index is 385. The summed E-state index contributed by atoms with van der Waals surface area (Å²) in [6.07, 6.45) is 0. The first kappa shape index (κ1) is 17.2. The van der Waals surface area contributed by atoms with Crippen LogP contribution in [0.25, 0.3) is 0 Å². The van der Waals surface area contributed by atoms with Crippen molar-refractivity contribution < 1.29 is 4.79 Å². The first-order chi connectivity index (χ1) is 8.04. The largest absolute Gasteiger partial charge is 0.341 e. The predicted molar refractivity (Wildman–Crippen MR) is 78.3 cm³/mol. The van der Waals surface area contributed by atoms with E-state index in [-0.39, 0.29) is 24.2 Å². The Morgan fingerprint density at radius 1 is 1.50 bits per heavy atom. The number of nitrogens with zero attached hydrogens (tertiary/aromatic N) is 1. The summed E-state index contributed by atoms with van der Waals surface area (Å²) in [5.41, 5.74) is 1.05. The lowest BCUT2D eigenvalue weighted by atomic mass is 10.1. The second-order valence-corrected chi connectivity index (χ2v) is 4.72. The molecule has 0 aliphatic heterocycles. The number of benzene rings is 1. The molecule has 1 rings (SSSR count). The summed E-state index contributed by atoms with van der Waals surface area (Å²) in [5.74, 6) is 0.128. The van der Waals surface area contributed by atoms with Crippen molar-refractivity contribution >= 4 is 29.9 Å². The lowest BCUT2D eigenvalue weighted by Gasteiger charge is -2.21. The molecular formula is C13H20Cl2N2O. The standard InChI is InChI=1S/C13H19ClN2O.ClH/c1-10(8-15-2)13(17)16(3)9-11-5-4-6-12(14)7-11;/h4-7,10,15H,8-9H2,1-3H3;1H. The molecule has 1 aromatic rings. The molecule has 0 aliphatic rings. The van der Waals surface area contributed by atoms with Crippen molar-refractivity contribution in [3.63, 3.8) is 0 Å². The van der Waals surface area contributed by atoms with Crippen molar-refractivity contribution in [2.24, 2.45) is 5.92 Å². The zero-order valence-electron chi connectivity index (χ0n) is 10.9. The average molecular weight is 291 g/mol. The van der Waals surface area contributed by atoms with Gasteiger partial charge < -0.3 is 10.2 Å². The zero-order chi connectivity index (χ0) is 12.8. The van der Waals surface area contributed by atoms with E-state index in [1.54, 1.807) is 4.90 Å². The fraction of sp³-hybridized carbons (Fsp3) is 0.462. The van der Waals surface area contributed by atoms with Crippen molar-refractivity contribution in [2.75, 3.05) is 20.6 Å². The molecule has 1 aromatic carbocycles. The summed E-state index contributed by atoms with van der Waals surface area (Å²) in [6, 6.07) is 7.58. The van der Waals surface area contributed by atoms with Gasteiger partial charge in [0, 0.05) is 31.1 Å². The molecule has 0 heterocycles. The molecule has 5 heteroatoms. The lowest BCUT2D eigenvalue weighted by molar-refractivity contribution is -0.134. The number of hydrogen-bond acceptors (Lipinski definition) is 2. The van der Waals surface area contributed by atoms with Gasteiger partial charge in [-0.25, -0.2) is 0 Å². The monoisotopic (exact) mass is 290 g/mol. The third-order valence-electron chi connectivity index (χ3n) is 2.62. The third kappa shape index (κ3) is 5.25. The fourth-order valence-corrected chi connectivity index (χ4v) is 1.97. The van der Waals surface area contributed by atoms with Gasteiger partial charge >= 0.3 is 0 Å². The smallest absolute Gasteiger partial charge is 0.226 e. The maximum absolute atomic E-state index is 12.0. The van der Waals surface area contributed by atoms with Gasteiger partial charge in [-0.2, -0.15) is 0 Å². The van der Waals surface area contributed by atoms with Crippen LogP contribution >= 0.6 is 24.0 Å². The molecule has 0 saturated carbocycles. The first-order valence-corrected chi connectivity index (χ1v) is 6.06. The predicted octanol–water partition coefficient (Wildman–Crippen LogP) is 2.58. The lowest BCUT2D eigenvalue weighted by Crippen LogP contribution is -2.35. The zero-order valence-corrected chi connectivity index (χ0v) is 12.5. The van der Waals surface area contributed by atoms with Crippen molar-refractivity contribution in [3.8, 4) is 0 Å². The Balaban J connectivity index is 0.00000289. The highest BCUT2D eigenvalue weighted by molar-refractivity contribution is 6.30. The van der Waals surface area contributed by atoms with Crippen LogP contribution in [-0.2, 0) is 11.3 Å². The molecule has 0 radical (unpaired) electrons. The van der Waals surface area contributed by atoms with Gasteiger partial charge in [-0.15, -0.1) is 12.4 Å². The molecule has 0 aliphatic carbocycles. The third-order valence-corrected chi connectivity index (χ3v) is 2.85. The van der Waals surface area contributed by atoms with Crippen molar-refractivity contribution in [2.45, 2.75) is 13.5 Å². The number of carbonyl (C=O) groups excluding carboxylic acids is 1. The Hall–Kier alpha value is -0.770. The Morgan fingerprint density at radius 3 is 2.72 bits per heavy atom. The summed E-state index contributed by atoms with van der Waals surface area (Å²) in [4.78, 5) is 13.7. The van der Waals surface area contributed by atoms with Gasteiger partial charge in [-0.3, -0.25) is 4.79 Å². The minimum absolute atomic E-state index is 0. The summed E-state index contributed by atoms with van der Waals surface area (Å²) >= 11 is 5.91. The molecular weight excluding hydrogens is 271 g/mol. The highest BCUT2D eigenvalue weighted by Crippen LogP contribution is 2.13. The maximum atomic E-state index is 12.0. The van der Waals surface area contributed by atoms with Crippen molar-refractivity contribution in [3.05, 3.63) is 34.9 Å². The number of halogens is 2. The molecule has 0 aromatic heterocycles. The van der Waals surface area contributed by atoms with Gasteiger partial charge in [0.05, 0.1) is 0 Å². The Morgan fingerprint density at radius 2 is 2.17 bits per heavy atom. The molecule has 1 amide bonds. The normalized spacial score (nSPS) is 11.6. The van der Waals surface area contributed by atoms with E-state index in [0.29, 0.717) is 18.1 Å². The number of amides is 1. The molecule has 1 N–H and O–H groups in total. The second-order valence-electron chi connectivity index (χ2n) is 4.28. The quantitative estimate of drug-likeness (QED) is 0.904. The summed E-state index contributed by atoms with van der Waals surface area (Å²) < 4.78 is 0. The number of nitrogens with one attached hydrogen (secondary N) is 1. The molecule has 1 atom stereocenters. The molecule has 0 fully saturated rings. The van der Waals surface area contributed by atoms with E-state index in [4.69, 9.17) is 11.6 Å². The number of rotatable bonds is 5. The van der Waals surface area contributed by atoms with E-state index in [1.807, 2.05) is 45.3 Å². The van der Waals surface area contributed by atoms with Crippen molar-refractivity contribution in [1.29, 1.82) is 0 Å². The van der Waals surface area contributed by atoms with Gasteiger partial charge in [0.25, 0.3) is 0 Å². The minimum Gasteiger partial charge on any atom is -0.341 e. The van der Waals surface area contributed by atoms with Crippen LogP contribution in [0.4, 0.5) is 0 Å². The van der Waals surface area contributed by atoms with Gasteiger partial charge in [0.2, 0.25) is 5.91 Å². The topological polar surface area (TPSA) is 32.3 Å². The molecule has 18 heavy (non-hydrogen) atoms. The van der Waals surface area contributed by atoms with E-state index in [1.165, 1.54) is 0 Å². The Labute approximate surface area is 120 Å². The van der Waals surface area contributed by atoms with Crippen LogP contribution in [0.15, 0.2) is 24.3 Å². The molecule has 102 valence electrons. The van der Waals surface area contributed by atoms with E-state index in [2.05, 4.69) is 5.32 Å². The van der Waals surface area contributed by atoms with E-state index >= 15 is 0 Å². The first-order valence-electron chi connectivity index (χ1n) is 5.68. The summed E-state index contributed by atoms with van der Waals surface area (Å²) in [6.45, 7) is 3.21. The van der Waals surface area contributed by atoms with Crippen LogP contribution in [-0.4, -0.2) is 31.4 Å². The maximum Gasteiger partial charge on any atom is 0.226 e. The molecule has 0 saturated heterocycles. The summed E-state index contributed by atoms with van der Waals surface area (Å²) in [7, 11) is 3.66. The van der Waals surface area contributed by atoms with E-state index in [9.17, 15) is 4.79 Å². The van der Waals surface area contributed by atoms with E-state index in [0.717, 1.165) is 5.56 Å². The number of carbonyl (C=O) groups is 1. The van der Waals surface area contributed by atoms with Gasteiger partial charge in [-0.1, -0.05) is 30.7 Å². The van der Waals surface area contributed by atoms with Crippen LogP contribution in [0.2, 0.25) is 5.02 Å². The van der Waals surface area contributed by atoms with Crippen LogP contribution in [0.5, 0.6) is 0 Å². The molecule has 0 spiro atoms. The molecule has 1 unspecified atom stereocenters. The fourth-order valence-electron chi connectivity index (χ4n) is 1.76. The molecule has 3 nitrogen and oxygen atoms in total. The minimum atomic E-state index is -0.0100. The average Bonchev–Trinajstić information content (AvgIpc) is 2.28. The van der Waals surface area contributed by atoms with Crippen LogP contribution < -0.4 is 5.32 Å². The van der Waals surface area contributed by atoms with Crippen molar-refractivity contribution in [1.82, 2.24) is 10.2 Å². The Kier molecular flexibility index (Phi) is 8.00. The van der Waals surface area contributed by atoms with Gasteiger partial charge in [0.1, 0.15) is 0 Å². The second kappa shape index (κ2) is 8.35. The summed E-state index contributed by atoms with van der Waals surface area (Å²) in [5, 5.41) is 3.71. The van der Waals surface area contributed by atoms with Crippen LogP contribution in [0, 0.1) is 5.92 Å². The highest BCUT2D eigenvalue weighted by Gasteiger charge is 2.16. The van der Waals surface area contributed by atoms with Gasteiger partial charge in [0.15, 0.2) is 0 Å². The highest BCUT2D eigenvalue weighted by atomic mass is 35.5. The number of hydrogen-bond donors (Lipinski definition) is 1.